The monoisotopic (exact) mass is 450 g/mol. The first-order valence-electron chi connectivity index (χ1n) is 10.5. The second-order valence-electron chi connectivity index (χ2n) is 9.79. The van der Waals surface area contributed by atoms with Crippen LogP contribution in [0.3, 0.4) is 0 Å². The molecule has 1 N–H and O–H groups in total. The van der Waals surface area contributed by atoms with Crippen molar-refractivity contribution in [2.45, 2.75) is 37.4 Å². The smallest absolute Gasteiger partial charge is 0.323 e. The summed E-state index contributed by atoms with van der Waals surface area (Å²) in [7, 11) is 0.0234. The highest BCUT2D eigenvalue weighted by Crippen LogP contribution is 2.53. The van der Waals surface area contributed by atoms with E-state index in [9.17, 15) is 18.0 Å². The summed E-state index contributed by atoms with van der Waals surface area (Å²) < 4.78 is 42.4. The van der Waals surface area contributed by atoms with Crippen molar-refractivity contribution in [3.8, 4) is 6.07 Å². The SMILES string of the molecule is C=S1CCC2(CN(C(=O)N3CC4(CC(Cc5ccc(C(F)(F)F)c(C#N)c5)C4)C3)C2)N1. The van der Waals surface area contributed by atoms with Crippen LogP contribution in [-0.4, -0.2) is 59.2 Å². The van der Waals surface area contributed by atoms with E-state index in [0.29, 0.717) is 12.3 Å². The first kappa shape index (κ1) is 20.8. The second kappa shape index (κ2) is 6.97. The lowest BCUT2D eigenvalue weighted by molar-refractivity contribution is -0.137. The van der Waals surface area contributed by atoms with Gasteiger partial charge in [-0.1, -0.05) is 11.9 Å². The Bertz CT molecular complexity index is 981. The molecule has 2 spiro atoms. The van der Waals surface area contributed by atoms with Gasteiger partial charge in [0, 0.05) is 37.3 Å². The van der Waals surface area contributed by atoms with Crippen LogP contribution >= 0.6 is 10.7 Å². The van der Waals surface area contributed by atoms with Crippen molar-refractivity contribution < 1.29 is 18.0 Å². The summed E-state index contributed by atoms with van der Waals surface area (Å²) in [6.07, 6.45) is -0.779. The van der Waals surface area contributed by atoms with Crippen molar-refractivity contribution in [1.82, 2.24) is 14.5 Å². The molecule has 2 amide bonds. The molecule has 1 unspecified atom stereocenters. The second-order valence-corrected chi connectivity index (χ2v) is 11.4. The van der Waals surface area contributed by atoms with Crippen LogP contribution in [0.2, 0.25) is 0 Å². The molecule has 0 radical (unpaired) electrons. The Kier molecular flexibility index (Phi) is 4.69. The minimum Gasteiger partial charge on any atom is -0.323 e. The Hall–Kier alpha value is -2.05. The largest absolute Gasteiger partial charge is 0.417 e. The normalized spacial score (nSPS) is 26.3. The van der Waals surface area contributed by atoms with Gasteiger partial charge in [-0.25, -0.2) is 4.79 Å². The number of nitrogens with one attached hydrogen (secondary N) is 1. The predicted molar refractivity (Wildman–Crippen MR) is 114 cm³/mol. The molecule has 3 saturated heterocycles. The van der Waals surface area contributed by atoms with E-state index >= 15 is 0 Å². The summed E-state index contributed by atoms with van der Waals surface area (Å²) in [5.41, 5.74) is -0.138. The summed E-state index contributed by atoms with van der Waals surface area (Å²) in [6, 6.07) is 5.67. The molecule has 1 aliphatic carbocycles. The van der Waals surface area contributed by atoms with E-state index in [0.717, 1.165) is 62.8 Å². The molecule has 1 saturated carbocycles. The Morgan fingerprint density at radius 2 is 1.94 bits per heavy atom. The Labute approximate surface area is 182 Å². The summed E-state index contributed by atoms with van der Waals surface area (Å²) in [6.45, 7) is 3.09. The first-order chi connectivity index (χ1) is 14.6. The molecule has 1 atom stereocenters. The first-order valence-corrected chi connectivity index (χ1v) is 12.1. The van der Waals surface area contributed by atoms with Crippen LogP contribution in [0, 0.1) is 22.7 Å². The summed E-state index contributed by atoms with van der Waals surface area (Å²) in [5.74, 6) is 5.57. The van der Waals surface area contributed by atoms with Gasteiger partial charge in [0.05, 0.1) is 22.7 Å². The van der Waals surface area contributed by atoms with E-state index in [1.807, 2.05) is 9.80 Å². The zero-order valence-electron chi connectivity index (χ0n) is 17.2. The average molecular weight is 451 g/mol. The molecule has 0 bridgehead atoms. The lowest BCUT2D eigenvalue weighted by Gasteiger charge is -2.61. The number of likely N-dealkylation sites (tertiary alicyclic amines) is 2. The molecule has 5 rings (SSSR count). The van der Waals surface area contributed by atoms with Gasteiger partial charge in [-0.05, 0) is 49.3 Å². The molecule has 4 fully saturated rings. The van der Waals surface area contributed by atoms with Crippen LogP contribution in [0.5, 0.6) is 0 Å². The highest BCUT2D eigenvalue weighted by Gasteiger charge is 2.56. The van der Waals surface area contributed by atoms with Gasteiger partial charge in [0.2, 0.25) is 0 Å². The number of alkyl halides is 3. The average Bonchev–Trinajstić information content (AvgIpc) is 3.02. The van der Waals surface area contributed by atoms with Gasteiger partial charge in [0.25, 0.3) is 0 Å². The third kappa shape index (κ3) is 3.64. The zero-order chi connectivity index (χ0) is 22.0. The van der Waals surface area contributed by atoms with Crippen LogP contribution in [0.1, 0.15) is 36.0 Å². The number of nitriles is 1. The summed E-state index contributed by atoms with van der Waals surface area (Å²) >= 11 is 0. The van der Waals surface area contributed by atoms with Crippen LogP contribution < -0.4 is 4.72 Å². The van der Waals surface area contributed by atoms with E-state index in [1.54, 1.807) is 6.07 Å². The quantitative estimate of drug-likeness (QED) is 0.701. The number of rotatable bonds is 2. The van der Waals surface area contributed by atoms with Gasteiger partial charge in [-0.2, -0.15) is 18.4 Å². The van der Waals surface area contributed by atoms with E-state index in [4.69, 9.17) is 5.26 Å². The van der Waals surface area contributed by atoms with Crippen molar-refractivity contribution in [2.24, 2.45) is 11.3 Å². The third-order valence-corrected chi connectivity index (χ3v) is 8.66. The Morgan fingerprint density at radius 1 is 1.26 bits per heavy atom. The molecule has 3 aliphatic heterocycles. The molecule has 4 aliphatic rings. The molecule has 166 valence electrons. The van der Waals surface area contributed by atoms with E-state index in [2.05, 4.69) is 10.6 Å². The topological polar surface area (TPSA) is 59.4 Å². The zero-order valence-corrected chi connectivity index (χ0v) is 18.0. The number of hydrogen-bond acceptors (Lipinski definition) is 3. The highest BCUT2D eigenvalue weighted by molar-refractivity contribution is 8.12. The fourth-order valence-corrected chi connectivity index (χ4v) is 7.41. The standard InChI is InChI=1S/C22H25F3N4OS/c1-31-5-4-21(27-31)13-29(14-21)19(30)28-11-20(12-28)8-16(9-20)6-15-2-3-18(22(23,24)25)17(7-15)10-26/h2-3,7,16,27H,1,4-6,8-9,11-14H2. The molecule has 0 aromatic heterocycles. The lowest BCUT2D eigenvalue weighted by Crippen LogP contribution is -2.73. The maximum absolute atomic E-state index is 13.0. The van der Waals surface area contributed by atoms with Crippen molar-refractivity contribution in [3.63, 3.8) is 0 Å². The minimum atomic E-state index is -4.51. The number of urea groups is 1. The molecular formula is C22H25F3N4OS. The fourth-order valence-electron chi connectivity index (χ4n) is 5.83. The molecule has 3 heterocycles. The van der Waals surface area contributed by atoms with Gasteiger partial charge >= 0.3 is 12.2 Å². The maximum atomic E-state index is 13.0. The number of carbonyl (C=O) groups is 1. The summed E-state index contributed by atoms with van der Waals surface area (Å²) in [4.78, 5) is 16.5. The van der Waals surface area contributed by atoms with Crippen LogP contribution in [0.4, 0.5) is 18.0 Å². The van der Waals surface area contributed by atoms with Crippen molar-refractivity contribution in [1.29, 1.82) is 5.26 Å². The summed E-state index contributed by atoms with van der Waals surface area (Å²) in [5, 5.41) is 9.08. The Morgan fingerprint density at radius 3 is 2.52 bits per heavy atom. The number of halogens is 3. The number of amides is 2. The van der Waals surface area contributed by atoms with Gasteiger partial charge < -0.3 is 9.80 Å². The van der Waals surface area contributed by atoms with Crippen molar-refractivity contribution in [2.75, 3.05) is 31.9 Å². The number of carbonyl (C=O) groups excluding carboxylic acids is 1. The number of hydrogen-bond donors (Lipinski definition) is 1. The van der Waals surface area contributed by atoms with E-state index in [1.165, 1.54) is 12.1 Å². The van der Waals surface area contributed by atoms with E-state index in [-0.39, 0.29) is 33.2 Å². The maximum Gasteiger partial charge on any atom is 0.417 e. The highest BCUT2D eigenvalue weighted by atomic mass is 32.2. The minimum absolute atomic E-state index is 0.0234. The van der Waals surface area contributed by atoms with Crippen molar-refractivity contribution in [3.05, 3.63) is 34.9 Å². The molecule has 9 heteroatoms. The third-order valence-electron chi connectivity index (χ3n) is 7.25. The van der Waals surface area contributed by atoms with Crippen LogP contribution in [0.15, 0.2) is 18.2 Å². The number of nitrogens with zero attached hydrogens (tertiary/aromatic N) is 3. The van der Waals surface area contributed by atoms with Gasteiger partial charge in [0.15, 0.2) is 0 Å². The van der Waals surface area contributed by atoms with Crippen LogP contribution in [-0.2, 0) is 12.6 Å². The predicted octanol–water partition coefficient (Wildman–Crippen LogP) is 3.62. The Balaban J connectivity index is 1.10. The fraction of sp³-hybridized carbons (Fsp3) is 0.591. The molecular weight excluding hydrogens is 425 g/mol. The van der Waals surface area contributed by atoms with Crippen molar-refractivity contribution >= 4 is 22.6 Å². The van der Waals surface area contributed by atoms with E-state index < -0.39 is 11.7 Å². The molecule has 1 aromatic carbocycles. The number of benzene rings is 1. The molecule has 1 aromatic rings. The molecule has 31 heavy (non-hydrogen) atoms. The van der Waals surface area contributed by atoms with Gasteiger partial charge in [-0.15, -0.1) is 10.7 Å². The van der Waals surface area contributed by atoms with Gasteiger partial charge in [-0.3, -0.25) is 4.72 Å². The van der Waals surface area contributed by atoms with Gasteiger partial charge in [0.1, 0.15) is 0 Å². The lowest BCUT2D eigenvalue weighted by atomic mass is 9.56. The van der Waals surface area contributed by atoms with Crippen LogP contribution in [0.25, 0.3) is 0 Å². The molecule has 5 nitrogen and oxygen atoms in total.